The van der Waals surface area contributed by atoms with Crippen LogP contribution in [0.1, 0.15) is 41.8 Å². The summed E-state index contributed by atoms with van der Waals surface area (Å²) >= 11 is 1.71. The zero-order chi connectivity index (χ0) is 14.4. The van der Waals surface area contributed by atoms with Crippen molar-refractivity contribution in [1.29, 1.82) is 5.26 Å². The highest BCUT2D eigenvalue weighted by Gasteiger charge is 2.13. The molecule has 0 amide bonds. The molecule has 2 aromatic rings. The smallest absolute Gasteiger partial charge is 0.145 e. The maximum atomic E-state index is 14.0. The molecule has 0 fully saturated rings. The first kappa shape index (κ1) is 14.7. The van der Waals surface area contributed by atoms with E-state index in [-0.39, 0.29) is 11.6 Å². The second-order valence-corrected chi connectivity index (χ2v) is 5.61. The number of thiophene rings is 1. The minimum absolute atomic E-state index is 0.104. The highest BCUT2D eigenvalue weighted by atomic mass is 32.1. The van der Waals surface area contributed by atoms with Gasteiger partial charge in [0.05, 0.1) is 5.56 Å². The van der Waals surface area contributed by atoms with E-state index in [2.05, 4.69) is 23.7 Å². The molecule has 1 aromatic carbocycles. The van der Waals surface area contributed by atoms with Crippen LogP contribution in [0.4, 0.5) is 4.39 Å². The second-order valence-electron chi connectivity index (χ2n) is 4.63. The van der Waals surface area contributed by atoms with Crippen molar-refractivity contribution in [2.24, 2.45) is 0 Å². The fourth-order valence-electron chi connectivity index (χ4n) is 2.16. The van der Waals surface area contributed by atoms with Crippen LogP contribution < -0.4 is 5.32 Å². The van der Waals surface area contributed by atoms with Crippen molar-refractivity contribution < 1.29 is 4.39 Å². The van der Waals surface area contributed by atoms with Gasteiger partial charge < -0.3 is 5.32 Å². The van der Waals surface area contributed by atoms with E-state index in [4.69, 9.17) is 5.26 Å². The summed E-state index contributed by atoms with van der Waals surface area (Å²) in [6, 6.07) is 11.2. The lowest BCUT2D eigenvalue weighted by Gasteiger charge is -2.17. The van der Waals surface area contributed by atoms with Crippen LogP contribution in [-0.2, 0) is 6.54 Å². The topological polar surface area (TPSA) is 35.8 Å². The van der Waals surface area contributed by atoms with Crippen LogP contribution in [0.15, 0.2) is 35.7 Å². The van der Waals surface area contributed by atoms with E-state index in [1.54, 1.807) is 23.5 Å². The molecular formula is C16H17FN2S. The summed E-state index contributed by atoms with van der Waals surface area (Å²) in [5.41, 5.74) is 0.647. The number of nitriles is 1. The number of benzene rings is 1. The highest BCUT2D eigenvalue weighted by molar-refractivity contribution is 7.10. The number of hydrogen-bond donors (Lipinski definition) is 1. The van der Waals surface area contributed by atoms with E-state index in [9.17, 15) is 4.39 Å². The van der Waals surface area contributed by atoms with Crippen molar-refractivity contribution in [2.75, 3.05) is 0 Å². The summed E-state index contributed by atoms with van der Waals surface area (Å²) in [6.45, 7) is 2.57. The molecule has 2 nitrogen and oxygen atoms in total. The van der Waals surface area contributed by atoms with Gasteiger partial charge in [0.15, 0.2) is 0 Å². The number of halogens is 1. The molecule has 2 rings (SSSR count). The van der Waals surface area contributed by atoms with Gasteiger partial charge in [-0.05, 0) is 23.9 Å². The van der Waals surface area contributed by atoms with Crippen LogP contribution in [0.2, 0.25) is 0 Å². The van der Waals surface area contributed by atoms with Gasteiger partial charge in [0.2, 0.25) is 0 Å². The molecule has 0 saturated carbocycles. The van der Waals surface area contributed by atoms with Crippen molar-refractivity contribution >= 4 is 11.3 Å². The molecule has 1 atom stereocenters. The van der Waals surface area contributed by atoms with Crippen molar-refractivity contribution in [2.45, 2.75) is 32.4 Å². The molecular weight excluding hydrogens is 271 g/mol. The maximum Gasteiger partial charge on any atom is 0.145 e. The molecule has 1 aromatic heterocycles. The molecule has 1 N–H and O–H groups in total. The third-order valence-electron chi connectivity index (χ3n) is 3.20. The Morgan fingerprint density at radius 3 is 2.85 bits per heavy atom. The number of rotatable bonds is 6. The molecule has 0 aliphatic carbocycles. The zero-order valence-electron chi connectivity index (χ0n) is 11.4. The third kappa shape index (κ3) is 3.44. The predicted molar refractivity (Wildman–Crippen MR) is 79.9 cm³/mol. The van der Waals surface area contributed by atoms with Crippen molar-refractivity contribution in [3.8, 4) is 6.07 Å². The second kappa shape index (κ2) is 7.18. The van der Waals surface area contributed by atoms with Gasteiger partial charge >= 0.3 is 0 Å². The largest absolute Gasteiger partial charge is 0.305 e. The van der Waals surface area contributed by atoms with Crippen LogP contribution in [0.3, 0.4) is 0 Å². The van der Waals surface area contributed by atoms with Gasteiger partial charge in [-0.15, -0.1) is 11.3 Å². The molecule has 0 radical (unpaired) electrons. The van der Waals surface area contributed by atoms with Gasteiger partial charge in [-0.25, -0.2) is 4.39 Å². The molecule has 0 saturated heterocycles. The first-order valence-electron chi connectivity index (χ1n) is 6.70. The summed E-state index contributed by atoms with van der Waals surface area (Å²) in [6.07, 6.45) is 2.08. The Hall–Kier alpha value is -1.70. The minimum atomic E-state index is -0.413. The normalized spacial score (nSPS) is 12.1. The Kier molecular flexibility index (Phi) is 5.28. The fraction of sp³-hybridized carbons (Fsp3) is 0.312. The van der Waals surface area contributed by atoms with Crippen LogP contribution in [0, 0.1) is 17.1 Å². The molecule has 4 heteroatoms. The van der Waals surface area contributed by atoms with Gasteiger partial charge in [-0.2, -0.15) is 5.26 Å². The Balaban J connectivity index is 2.09. The molecule has 20 heavy (non-hydrogen) atoms. The first-order valence-corrected chi connectivity index (χ1v) is 7.58. The third-order valence-corrected chi connectivity index (χ3v) is 4.19. The summed E-state index contributed by atoms with van der Waals surface area (Å²) in [4.78, 5) is 1.27. The number of nitrogens with zero attached hydrogens (tertiary/aromatic N) is 1. The van der Waals surface area contributed by atoms with Gasteiger partial charge in [0, 0.05) is 23.0 Å². The maximum absolute atomic E-state index is 14.0. The van der Waals surface area contributed by atoms with Gasteiger partial charge in [0.1, 0.15) is 11.9 Å². The average molecular weight is 288 g/mol. The van der Waals surface area contributed by atoms with E-state index in [1.807, 2.05) is 12.1 Å². The Labute approximate surface area is 122 Å². The Morgan fingerprint density at radius 1 is 1.35 bits per heavy atom. The van der Waals surface area contributed by atoms with E-state index in [0.717, 1.165) is 12.8 Å². The van der Waals surface area contributed by atoms with Crippen LogP contribution in [-0.4, -0.2) is 0 Å². The van der Waals surface area contributed by atoms with Crippen LogP contribution >= 0.6 is 11.3 Å². The lowest BCUT2D eigenvalue weighted by atomic mass is 10.1. The van der Waals surface area contributed by atoms with Crippen LogP contribution in [0.25, 0.3) is 0 Å². The van der Waals surface area contributed by atoms with Gasteiger partial charge in [-0.3, -0.25) is 0 Å². The van der Waals surface area contributed by atoms with Crippen molar-refractivity contribution in [3.63, 3.8) is 0 Å². The quantitative estimate of drug-likeness (QED) is 0.855. The van der Waals surface area contributed by atoms with E-state index < -0.39 is 5.82 Å². The predicted octanol–water partition coefficient (Wildman–Crippen LogP) is 4.39. The molecule has 0 aliphatic heterocycles. The van der Waals surface area contributed by atoms with E-state index >= 15 is 0 Å². The van der Waals surface area contributed by atoms with E-state index in [0.29, 0.717) is 12.1 Å². The summed E-state index contributed by atoms with van der Waals surface area (Å²) in [5, 5.41) is 14.3. The van der Waals surface area contributed by atoms with Gasteiger partial charge in [-0.1, -0.05) is 31.5 Å². The molecule has 0 bridgehead atoms. The molecule has 0 aliphatic rings. The summed E-state index contributed by atoms with van der Waals surface area (Å²) < 4.78 is 14.0. The standard InChI is InChI=1S/C16H17FN2S/c1-2-5-14(15-8-4-9-20-15)19-11-13-7-3-6-12(10-18)16(13)17/h3-4,6-9,14,19H,2,5,11H2,1H3. The summed E-state index contributed by atoms with van der Waals surface area (Å²) in [7, 11) is 0. The SMILES string of the molecule is CCCC(NCc1cccc(C#N)c1F)c1cccs1. The Morgan fingerprint density at radius 2 is 2.20 bits per heavy atom. The van der Waals surface area contributed by atoms with Crippen molar-refractivity contribution in [3.05, 3.63) is 57.5 Å². The van der Waals surface area contributed by atoms with Crippen LogP contribution in [0.5, 0.6) is 0 Å². The fourth-order valence-corrected chi connectivity index (χ4v) is 3.00. The first-order chi connectivity index (χ1) is 9.76. The van der Waals surface area contributed by atoms with E-state index in [1.165, 1.54) is 10.9 Å². The molecule has 104 valence electrons. The number of hydrogen-bond acceptors (Lipinski definition) is 3. The van der Waals surface area contributed by atoms with Crippen molar-refractivity contribution in [1.82, 2.24) is 5.32 Å². The minimum Gasteiger partial charge on any atom is -0.305 e. The van der Waals surface area contributed by atoms with Gasteiger partial charge in [0.25, 0.3) is 0 Å². The number of nitrogens with one attached hydrogen (secondary N) is 1. The Bertz CT molecular complexity index is 587. The molecule has 1 heterocycles. The average Bonchev–Trinajstić information content (AvgIpc) is 2.99. The zero-order valence-corrected chi connectivity index (χ0v) is 12.2. The highest BCUT2D eigenvalue weighted by Crippen LogP contribution is 2.24. The molecule has 1 unspecified atom stereocenters. The monoisotopic (exact) mass is 288 g/mol. The molecule has 0 spiro atoms. The lowest BCUT2D eigenvalue weighted by Crippen LogP contribution is -2.20. The summed E-state index contributed by atoms with van der Waals surface area (Å²) in [5.74, 6) is -0.413. The lowest BCUT2D eigenvalue weighted by molar-refractivity contribution is 0.489.